The van der Waals surface area contributed by atoms with Crippen LogP contribution in [0, 0.1) is 6.92 Å². The smallest absolute Gasteiger partial charge is 0.257 e. The Labute approximate surface area is 230 Å². The van der Waals surface area contributed by atoms with Crippen LogP contribution in [0.15, 0.2) is 48.9 Å². The molecule has 1 aromatic carbocycles. The number of pyridine rings is 1. The van der Waals surface area contributed by atoms with Crippen LogP contribution >= 0.6 is 11.6 Å². The standard InChI is InChI=1S/C15H19ClN6O.C11H16.2CH2O/c1-17-13-7-12(16)9-18-14(13)22-10-11(8-19-22)15(23)21-5-3-20(2)4-6-21;1-9-5-7-10(8-6-9)11(2,3)4;2*1-2/h7-10,17H,3-6H2,1-2H3;5-8H,1-4H3;2*1H2. The van der Waals surface area contributed by atoms with Crippen LogP contribution in [0.1, 0.15) is 42.3 Å². The molecule has 1 amide bonds. The second kappa shape index (κ2) is 15.6. The van der Waals surface area contributed by atoms with Gasteiger partial charge in [-0.2, -0.15) is 5.10 Å². The fraction of sp³-hybridized carbons (Fsp3) is 0.393. The summed E-state index contributed by atoms with van der Waals surface area (Å²) in [7, 11) is 3.85. The Morgan fingerprint density at radius 3 is 2.11 bits per heavy atom. The van der Waals surface area contributed by atoms with Gasteiger partial charge < -0.3 is 24.7 Å². The Bertz CT molecular complexity index is 1130. The van der Waals surface area contributed by atoms with Gasteiger partial charge in [-0.3, -0.25) is 4.79 Å². The monoisotopic (exact) mass is 542 g/mol. The van der Waals surface area contributed by atoms with Gasteiger partial charge in [0.2, 0.25) is 0 Å². The highest BCUT2D eigenvalue weighted by Gasteiger charge is 2.22. The molecule has 1 aliphatic rings. The molecular weight excluding hydrogens is 504 g/mol. The molecule has 9 nitrogen and oxygen atoms in total. The highest BCUT2D eigenvalue weighted by atomic mass is 35.5. The number of carbonyl (C=O) groups excluding carboxylic acids is 3. The molecule has 1 aliphatic heterocycles. The van der Waals surface area contributed by atoms with Gasteiger partial charge >= 0.3 is 0 Å². The normalized spacial score (nSPS) is 13.1. The number of aryl methyl sites for hydroxylation is 1. The summed E-state index contributed by atoms with van der Waals surface area (Å²) in [5.74, 6) is 0.610. The van der Waals surface area contributed by atoms with E-state index in [9.17, 15) is 4.79 Å². The van der Waals surface area contributed by atoms with Crippen molar-refractivity contribution in [2.45, 2.75) is 33.1 Å². The number of aromatic nitrogens is 3. The Balaban J connectivity index is 0.000000405. The van der Waals surface area contributed by atoms with Crippen LogP contribution in [0.3, 0.4) is 0 Å². The molecule has 4 rings (SSSR count). The van der Waals surface area contributed by atoms with Crippen molar-refractivity contribution in [1.29, 1.82) is 0 Å². The number of carbonyl (C=O) groups is 3. The van der Waals surface area contributed by atoms with Crippen LogP contribution in [0.2, 0.25) is 5.02 Å². The molecule has 1 saturated heterocycles. The fourth-order valence-corrected chi connectivity index (χ4v) is 3.75. The highest BCUT2D eigenvalue weighted by molar-refractivity contribution is 6.30. The molecule has 0 atom stereocenters. The number of amides is 1. The average Bonchev–Trinajstić information content (AvgIpc) is 3.41. The Hall–Kier alpha value is -3.56. The molecule has 1 N–H and O–H groups in total. The van der Waals surface area contributed by atoms with E-state index in [0.29, 0.717) is 16.4 Å². The number of hydrogen-bond donors (Lipinski definition) is 1. The number of halogens is 1. The third-order valence-corrected chi connectivity index (χ3v) is 6.06. The maximum atomic E-state index is 12.6. The van der Waals surface area contributed by atoms with Gasteiger partial charge in [0, 0.05) is 45.6 Å². The molecular formula is C28H39ClN6O3. The van der Waals surface area contributed by atoms with Crippen molar-refractivity contribution in [2.75, 3.05) is 45.6 Å². The van der Waals surface area contributed by atoms with Crippen LogP contribution in [-0.2, 0) is 15.0 Å². The average molecular weight is 543 g/mol. The van der Waals surface area contributed by atoms with Gasteiger partial charge in [-0.25, -0.2) is 9.67 Å². The van der Waals surface area contributed by atoms with E-state index in [0.717, 1.165) is 31.9 Å². The van der Waals surface area contributed by atoms with Gasteiger partial charge in [-0.1, -0.05) is 62.2 Å². The zero-order valence-corrected chi connectivity index (χ0v) is 24.0. The van der Waals surface area contributed by atoms with Crippen molar-refractivity contribution in [2.24, 2.45) is 0 Å². The summed E-state index contributed by atoms with van der Waals surface area (Å²) < 4.78 is 1.59. The summed E-state index contributed by atoms with van der Waals surface area (Å²) in [6, 6.07) is 10.5. The van der Waals surface area contributed by atoms with E-state index >= 15 is 0 Å². The van der Waals surface area contributed by atoms with Crippen LogP contribution in [0.4, 0.5) is 5.69 Å². The van der Waals surface area contributed by atoms with E-state index in [1.165, 1.54) is 11.1 Å². The zero-order chi connectivity index (χ0) is 28.9. The third kappa shape index (κ3) is 9.39. The number of anilines is 1. The van der Waals surface area contributed by atoms with Crippen molar-refractivity contribution < 1.29 is 14.4 Å². The molecule has 0 radical (unpaired) electrons. The summed E-state index contributed by atoms with van der Waals surface area (Å²) in [6.45, 7) is 16.1. The van der Waals surface area contributed by atoms with Crippen molar-refractivity contribution in [3.05, 3.63) is 70.6 Å². The van der Waals surface area contributed by atoms with Gasteiger partial charge in [0.05, 0.1) is 22.5 Å². The lowest BCUT2D eigenvalue weighted by atomic mass is 9.87. The molecule has 206 valence electrons. The Morgan fingerprint density at radius 1 is 1.00 bits per heavy atom. The molecule has 0 saturated carbocycles. The summed E-state index contributed by atoms with van der Waals surface area (Å²) in [6.07, 6.45) is 4.84. The SMILES string of the molecule is C=O.C=O.CNc1cc(Cl)cnc1-n1cc(C(=O)N2CCN(C)CC2)cn1.Cc1ccc(C(C)(C)C)cc1. The lowest BCUT2D eigenvalue weighted by Gasteiger charge is -2.32. The van der Waals surface area contributed by atoms with E-state index in [1.807, 2.05) is 18.5 Å². The minimum atomic E-state index is 0.00400. The maximum absolute atomic E-state index is 12.6. The van der Waals surface area contributed by atoms with Crippen molar-refractivity contribution >= 4 is 36.8 Å². The molecule has 0 bridgehead atoms. The van der Waals surface area contributed by atoms with Gasteiger partial charge in [0.15, 0.2) is 5.82 Å². The maximum Gasteiger partial charge on any atom is 0.257 e. The first-order valence-electron chi connectivity index (χ1n) is 12.1. The van der Waals surface area contributed by atoms with E-state index < -0.39 is 0 Å². The Kier molecular flexibility index (Phi) is 13.4. The number of piperazine rings is 1. The lowest BCUT2D eigenvalue weighted by molar-refractivity contribution is -0.0987. The van der Waals surface area contributed by atoms with Crippen molar-refractivity contribution in [3.63, 3.8) is 0 Å². The number of likely N-dealkylation sites (N-methyl/N-ethyl adjacent to an activating group) is 1. The molecule has 2 aromatic heterocycles. The quantitative estimate of drug-likeness (QED) is 0.527. The summed E-state index contributed by atoms with van der Waals surface area (Å²) >= 11 is 5.96. The molecule has 0 spiro atoms. The topological polar surface area (TPSA) is 100 Å². The van der Waals surface area contributed by atoms with E-state index in [-0.39, 0.29) is 11.3 Å². The van der Waals surface area contributed by atoms with Gasteiger partial charge in [0.1, 0.15) is 13.6 Å². The number of benzene rings is 1. The van der Waals surface area contributed by atoms with E-state index in [1.54, 1.807) is 36.4 Å². The van der Waals surface area contributed by atoms with Crippen LogP contribution in [0.25, 0.3) is 5.82 Å². The molecule has 10 heteroatoms. The summed E-state index contributed by atoms with van der Waals surface area (Å²) in [4.78, 5) is 36.9. The summed E-state index contributed by atoms with van der Waals surface area (Å²) in [5.41, 5.74) is 4.34. The number of nitrogens with zero attached hydrogens (tertiary/aromatic N) is 5. The number of hydrogen-bond acceptors (Lipinski definition) is 7. The number of nitrogens with one attached hydrogen (secondary N) is 1. The minimum Gasteiger partial charge on any atom is -0.385 e. The van der Waals surface area contributed by atoms with Crippen LogP contribution in [-0.4, -0.2) is 84.3 Å². The fourth-order valence-electron chi connectivity index (χ4n) is 3.59. The van der Waals surface area contributed by atoms with Crippen LogP contribution in [0.5, 0.6) is 0 Å². The summed E-state index contributed by atoms with van der Waals surface area (Å²) in [5, 5.41) is 7.84. The van der Waals surface area contributed by atoms with Gasteiger partial charge in [-0.05, 0) is 31.0 Å². The van der Waals surface area contributed by atoms with Gasteiger partial charge in [-0.15, -0.1) is 0 Å². The molecule has 38 heavy (non-hydrogen) atoms. The van der Waals surface area contributed by atoms with Crippen LogP contribution < -0.4 is 5.32 Å². The Morgan fingerprint density at radius 2 is 1.58 bits per heavy atom. The zero-order valence-electron chi connectivity index (χ0n) is 23.2. The van der Waals surface area contributed by atoms with E-state index in [2.05, 4.69) is 79.3 Å². The lowest BCUT2D eigenvalue weighted by Crippen LogP contribution is -2.47. The first-order valence-corrected chi connectivity index (χ1v) is 12.5. The molecule has 0 aliphatic carbocycles. The first kappa shape index (κ1) is 32.5. The molecule has 0 unspecified atom stereocenters. The molecule has 3 heterocycles. The van der Waals surface area contributed by atoms with Crippen molar-refractivity contribution in [3.8, 4) is 5.82 Å². The minimum absolute atomic E-state index is 0.00400. The second-order valence-electron chi connectivity index (χ2n) is 9.66. The van der Waals surface area contributed by atoms with Gasteiger partial charge in [0.25, 0.3) is 5.91 Å². The third-order valence-electron chi connectivity index (χ3n) is 5.86. The molecule has 1 fully saturated rings. The largest absolute Gasteiger partial charge is 0.385 e. The highest BCUT2D eigenvalue weighted by Crippen LogP contribution is 2.22. The van der Waals surface area contributed by atoms with E-state index in [4.69, 9.17) is 21.2 Å². The number of rotatable bonds is 3. The predicted octanol–water partition coefficient (Wildman–Crippen LogP) is 4.27. The first-order chi connectivity index (χ1) is 18.1. The molecule has 3 aromatic rings. The second-order valence-corrected chi connectivity index (χ2v) is 10.1. The van der Waals surface area contributed by atoms with Crippen molar-refractivity contribution in [1.82, 2.24) is 24.6 Å². The predicted molar refractivity (Wildman–Crippen MR) is 153 cm³/mol.